The van der Waals surface area contributed by atoms with Gasteiger partial charge in [-0.25, -0.2) is 0 Å². The first-order chi connectivity index (χ1) is 12.8. The van der Waals surface area contributed by atoms with Crippen molar-refractivity contribution >= 4 is 6.29 Å². The smallest absolute Gasteiger partial charge is 0.158 e. The molecule has 138 valence electrons. The SMILES string of the molecule is COc1cccc(C=O)c1-c1c(COC2CCCCO2)cccc1OC. The number of ether oxygens (including phenoxy) is 4. The van der Waals surface area contributed by atoms with Crippen molar-refractivity contribution in [2.24, 2.45) is 0 Å². The topological polar surface area (TPSA) is 54.0 Å². The van der Waals surface area contributed by atoms with Gasteiger partial charge in [0.1, 0.15) is 11.5 Å². The maximum atomic E-state index is 11.6. The largest absolute Gasteiger partial charge is 0.496 e. The van der Waals surface area contributed by atoms with Crippen molar-refractivity contribution in [3.63, 3.8) is 0 Å². The molecular weight excluding hydrogens is 332 g/mol. The lowest BCUT2D eigenvalue weighted by Gasteiger charge is -2.24. The summed E-state index contributed by atoms with van der Waals surface area (Å²) in [5, 5.41) is 0. The molecule has 0 radical (unpaired) electrons. The molecule has 0 aromatic heterocycles. The summed E-state index contributed by atoms with van der Waals surface area (Å²) < 4.78 is 22.7. The summed E-state index contributed by atoms with van der Waals surface area (Å²) in [6.07, 6.45) is 3.73. The molecule has 1 saturated heterocycles. The van der Waals surface area contributed by atoms with Crippen LogP contribution in [0.15, 0.2) is 36.4 Å². The van der Waals surface area contributed by atoms with Gasteiger partial charge in [-0.15, -0.1) is 0 Å². The fraction of sp³-hybridized carbons (Fsp3) is 0.381. The quantitative estimate of drug-likeness (QED) is 0.695. The van der Waals surface area contributed by atoms with Gasteiger partial charge in [-0.1, -0.05) is 24.3 Å². The Labute approximate surface area is 153 Å². The summed E-state index contributed by atoms with van der Waals surface area (Å²) in [7, 11) is 3.21. The molecule has 3 rings (SSSR count). The van der Waals surface area contributed by atoms with E-state index in [1.165, 1.54) is 0 Å². The summed E-state index contributed by atoms with van der Waals surface area (Å²) >= 11 is 0. The summed E-state index contributed by atoms with van der Waals surface area (Å²) in [4.78, 5) is 11.6. The van der Waals surface area contributed by atoms with Crippen molar-refractivity contribution in [1.82, 2.24) is 0 Å². The zero-order valence-corrected chi connectivity index (χ0v) is 15.2. The van der Waals surface area contributed by atoms with Gasteiger partial charge in [0.2, 0.25) is 0 Å². The summed E-state index contributed by atoms with van der Waals surface area (Å²) in [6.45, 7) is 1.10. The third-order valence-electron chi connectivity index (χ3n) is 4.55. The van der Waals surface area contributed by atoms with Crippen molar-refractivity contribution in [3.05, 3.63) is 47.5 Å². The Hall–Kier alpha value is -2.37. The summed E-state index contributed by atoms with van der Waals surface area (Å²) in [5.74, 6) is 1.29. The van der Waals surface area contributed by atoms with Gasteiger partial charge in [-0.2, -0.15) is 0 Å². The van der Waals surface area contributed by atoms with Gasteiger partial charge in [-0.05, 0) is 37.0 Å². The van der Waals surface area contributed by atoms with Crippen molar-refractivity contribution in [2.45, 2.75) is 32.2 Å². The molecule has 5 heteroatoms. The Kier molecular flexibility index (Phi) is 6.26. The highest BCUT2D eigenvalue weighted by atomic mass is 16.7. The lowest BCUT2D eigenvalue weighted by molar-refractivity contribution is -0.168. The fourth-order valence-corrected chi connectivity index (χ4v) is 3.26. The Morgan fingerprint density at radius 1 is 1.04 bits per heavy atom. The van der Waals surface area contributed by atoms with Crippen molar-refractivity contribution in [3.8, 4) is 22.6 Å². The van der Waals surface area contributed by atoms with Crippen LogP contribution >= 0.6 is 0 Å². The van der Waals surface area contributed by atoms with Crippen molar-refractivity contribution < 1.29 is 23.7 Å². The molecule has 1 unspecified atom stereocenters. The second-order valence-corrected chi connectivity index (χ2v) is 6.14. The molecular formula is C21H24O5. The Bertz CT molecular complexity index is 750. The maximum Gasteiger partial charge on any atom is 0.158 e. The number of carbonyl (C=O) groups excluding carboxylic acids is 1. The average Bonchev–Trinajstić information content (AvgIpc) is 2.72. The molecule has 0 N–H and O–H groups in total. The van der Waals surface area contributed by atoms with Crippen LogP contribution < -0.4 is 9.47 Å². The summed E-state index contributed by atoms with van der Waals surface area (Å²) in [6, 6.07) is 11.2. The maximum absolute atomic E-state index is 11.6. The molecule has 5 nitrogen and oxygen atoms in total. The zero-order valence-electron chi connectivity index (χ0n) is 15.2. The molecule has 2 aromatic carbocycles. The first-order valence-corrected chi connectivity index (χ1v) is 8.80. The molecule has 0 bridgehead atoms. The van der Waals surface area contributed by atoms with Crippen molar-refractivity contribution in [1.29, 1.82) is 0 Å². The van der Waals surface area contributed by atoms with E-state index in [2.05, 4.69) is 0 Å². The predicted octanol–water partition coefficient (Wildman–Crippen LogP) is 4.23. The molecule has 26 heavy (non-hydrogen) atoms. The number of methoxy groups -OCH3 is 2. The highest BCUT2D eigenvalue weighted by molar-refractivity contribution is 5.93. The van der Waals surface area contributed by atoms with Gasteiger partial charge in [0.25, 0.3) is 0 Å². The predicted molar refractivity (Wildman–Crippen MR) is 98.7 cm³/mol. The Morgan fingerprint density at radius 2 is 1.77 bits per heavy atom. The van der Waals surface area contributed by atoms with Crippen LogP contribution in [-0.4, -0.2) is 33.4 Å². The third kappa shape index (κ3) is 3.89. The molecule has 1 aliphatic heterocycles. The van der Waals surface area contributed by atoms with Crippen LogP contribution in [0.25, 0.3) is 11.1 Å². The van der Waals surface area contributed by atoms with E-state index < -0.39 is 0 Å². The van der Waals surface area contributed by atoms with Crippen LogP contribution in [0.4, 0.5) is 0 Å². The van der Waals surface area contributed by atoms with Crippen LogP contribution in [0.3, 0.4) is 0 Å². The minimum atomic E-state index is -0.189. The van der Waals surface area contributed by atoms with Gasteiger partial charge in [0.05, 0.1) is 20.8 Å². The van der Waals surface area contributed by atoms with E-state index in [0.29, 0.717) is 29.2 Å². The molecule has 1 aliphatic rings. The second-order valence-electron chi connectivity index (χ2n) is 6.14. The highest BCUT2D eigenvalue weighted by Gasteiger charge is 2.21. The standard InChI is InChI=1S/C21H24O5/c1-23-17-9-5-7-15(13-22)20(17)21-16(8-6-10-18(21)24-2)14-26-19-11-3-4-12-25-19/h5-10,13,19H,3-4,11-12,14H2,1-2H3. The van der Waals surface area contributed by atoms with E-state index in [-0.39, 0.29) is 6.29 Å². The number of rotatable bonds is 7. The number of hydrogen-bond acceptors (Lipinski definition) is 5. The highest BCUT2D eigenvalue weighted by Crippen LogP contribution is 2.41. The number of benzene rings is 2. The molecule has 0 saturated carbocycles. The average molecular weight is 356 g/mol. The number of hydrogen-bond donors (Lipinski definition) is 0. The molecule has 0 spiro atoms. The van der Waals surface area contributed by atoms with Gasteiger partial charge in [0.15, 0.2) is 12.6 Å². The van der Waals surface area contributed by atoms with E-state index in [1.807, 2.05) is 24.3 Å². The van der Waals surface area contributed by atoms with Crippen LogP contribution in [0.2, 0.25) is 0 Å². The lowest BCUT2D eigenvalue weighted by Crippen LogP contribution is -2.22. The van der Waals surface area contributed by atoms with Crippen LogP contribution in [0.1, 0.15) is 35.2 Å². The molecule has 0 aliphatic carbocycles. The molecule has 1 atom stereocenters. The normalized spacial score (nSPS) is 16.9. The van der Waals surface area contributed by atoms with E-state index in [9.17, 15) is 4.79 Å². The van der Waals surface area contributed by atoms with E-state index in [4.69, 9.17) is 18.9 Å². The third-order valence-corrected chi connectivity index (χ3v) is 4.55. The van der Waals surface area contributed by atoms with E-state index in [0.717, 1.165) is 43.3 Å². The summed E-state index contributed by atoms with van der Waals surface area (Å²) in [5.41, 5.74) is 2.99. The molecule has 2 aromatic rings. The minimum absolute atomic E-state index is 0.189. The van der Waals surface area contributed by atoms with E-state index >= 15 is 0 Å². The van der Waals surface area contributed by atoms with Gasteiger partial charge in [0, 0.05) is 23.3 Å². The van der Waals surface area contributed by atoms with Gasteiger partial charge >= 0.3 is 0 Å². The molecule has 1 heterocycles. The lowest BCUT2D eigenvalue weighted by atomic mass is 9.94. The number of aldehydes is 1. The van der Waals surface area contributed by atoms with Gasteiger partial charge in [-0.3, -0.25) is 4.79 Å². The van der Waals surface area contributed by atoms with E-state index in [1.54, 1.807) is 26.4 Å². The van der Waals surface area contributed by atoms with Crippen LogP contribution in [0.5, 0.6) is 11.5 Å². The Balaban J connectivity index is 2.01. The van der Waals surface area contributed by atoms with Crippen molar-refractivity contribution in [2.75, 3.05) is 20.8 Å². The minimum Gasteiger partial charge on any atom is -0.496 e. The number of carbonyl (C=O) groups is 1. The van der Waals surface area contributed by atoms with Crippen LogP contribution in [0, 0.1) is 0 Å². The second kappa shape index (κ2) is 8.83. The van der Waals surface area contributed by atoms with Crippen LogP contribution in [-0.2, 0) is 16.1 Å². The fourth-order valence-electron chi connectivity index (χ4n) is 3.26. The van der Waals surface area contributed by atoms with Gasteiger partial charge < -0.3 is 18.9 Å². The molecule has 1 fully saturated rings. The first kappa shape index (κ1) is 18.4. The first-order valence-electron chi connectivity index (χ1n) is 8.80. The Morgan fingerprint density at radius 3 is 2.42 bits per heavy atom. The monoisotopic (exact) mass is 356 g/mol. The zero-order chi connectivity index (χ0) is 18.4. The molecule has 0 amide bonds.